The zero-order valence-corrected chi connectivity index (χ0v) is 19.2. The molecule has 0 spiro atoms. The molecule has 1 atom stereocenters. The fraction of sp³-hybridized carbons (Fsp3) is 0.115. The molecule has 0 saturated heterocycles. The number of rotatable bonds is 6. The quantitative estimate of drug-likeness (QED) is 0.250. The van der Waals surface area contributed by atoms with E-state index in [-0.39, 0.29) is 5.82 Å². The number of aromatic nitrogens is 7. The third-order valence-corrected chi connectivity index (χ3v) is 5.98. The summed E-state index contributed by atoms with van der Waals surface area (Å²) in [4.78, 5) is 21.1. The van der Waals surface area contributed by atoms with Gasteiger partial charge in [0.05, 0.1) is 34.8 Å². The Hall–Kier alpha value is -4.70. The molecule has 5 heterocycles. The van der Waals surface area contributed by atoms with E-state index in [1.54, 1.807) is 49.1 Å². The maximum absolute atomic E-state index is 14.5. The predicted molar refractivity (Wildman–Crippen MR) is 135 cm³/mol. The molecular weight excluding hydrogens is 459 g/mol. The minimum atomic E-state index is -0.658. The molecule has 0 aliphatic carbocycles. The van der Waals surface area contributed by atoms with Crippen LogP contribution in [0.25, 0.3) is 56.0 Å². The summed E-state index contributed by atoms with van der Waals surface area (Å²) in [6, 6.07) is 12.1. The highest BCUT2D eigenvalue weighted by Gasteiger charge is 2.18. The van der Waals surface area contributed by atoms with E-state index in [0.29, 0.717) is 51.6 Å². The number of aliphatic hydroxyl groups is 1. The summed E-state index contributed by atoms with van der Waals surface area (Å²) >= 11 is 0. The third-order valence-electron chi connectivity index (χ3n) is 5.98. The molecule has 1 aromatic carbocycles. The lowest BCUT2D eigenvalue weighted by atomic mass is 10.1. The second-order valence-electron chi connectivity index (χ2n) is 8.34. The fourth-order valence-corrected chi connectivity index (χ4v) is 4.14. The standard InChI is InChI=1S/C26H21FN8O/c1-2-22(36)31-15-9-14(11-28-12-15)20-10-18-21(13-30-20)34-35-24(18)26-32-23-17(7-8-29-25(23)33-26)16-5-3-4-6-19(16)27/h3-13,22,31,36H,2H2,1H3,(H,34,35)(H,29,32,33). The van der Waals surface area contributed by atoms with Crippen molar-refractivity contribution in [1.82, 2.24) is 35.1 Å². The van der Waals surface area contributed by atoms with Crippen molar-refractivity contribution >= 4 is 27.8 Å². The molecule has 0 fully saturated rings. The van der Waals surface area contributed by atoms with Gasteiger partial charge in [0.1, 0.15) is 17.7 Å². The van der Waals surface area contributed by atoms with Crippen LogP contribution in [0.2, 0.25) is 0 Å². The van der Waals surface area contributed by atoms with Gasteiger partial charge in [-0.1, -0.05) is 25.1 Å². The van der Waals surface area contributed by atoms with Crippen LogP contribution in [-0.4, -0.2) is 46.5 Å². The molecule has 0 aliphatic heterocycles. The van der Waals surface area contributed by atoms with Gasteiger partial charge in [0.15, 0.2) is 11.5 Å². The maximum Gasteiger partial charge on any atom is 0.178 e. The van der Waals surface area contributed by atoms with Gasteiger partial charge >= 0.3 is 0 Å². The third kappa shape index (κ3) is 3.83. The number of aliphatic hydroxyl groups excluding tert-OH is 1. The summed E-state index contributed by atoms with van der Waals surface area (Å²) in [5.41, 5.74) is 5.72. The van der Waals surface area contributed by atoms with Gasteiger partial charge in [-0.25, -0.2) is 14.4 Å². The average molecular weight is 481 g/mol. The Morgan fingerprint density at radius 1 is 1.06 bits per heavy atom. The zero-order valence-electron chi connectivity index (χ0n) is 19.2. The molecule has 0 radical (unpaired) electrons. The smallest absolute Gasteiger partial charge is 0.178 e. The molecule has 9 nitrogen and oxygen atoms in total. The van der Waals surface area contributed by atoms with Crippen molar-refractivity contribution in [1.29, 1.82) is 0 Å². The number of hydrogen-bond donors (Lipinski definition) is 4. The predicted octanol–water partition coefficient (Wildman–Crippen LogP) is 4.90. The summed E-state index contributed by atoms with van der Waals surface area (Å²) in [7, 11) is 0. The van der Waals surface area contributed by atoms with E-state index in [9.17, 15) is 9.50 Å². The van der Waals surface area contributed by atoms with E-state index in [2.05, 4.69) is 40.4 Å². The normalized spacial score (nSPS) is 12.3. The minimum Gasteiger partial charge on any atom is -0.374 e. The molecule has 6 rings (SSSR count). The summed E-state index contributed by atoms with van der Waals surface area (Å²) < 4.78 is 14.5. The Morgan fingerprint density at radius 2 is 1.94 bits per heavy atom. The van der Waals surface area contributed by atoms with Crippen molar-refractivity contribution in [3.63, 3.8) is 0 Å². The second-order valence-corrected chi connectivity index (χ2v) is 8.34. The number of nitrogens with zero attached hydrogens (tertiary/aromatic N) is 5. The van der Waals surface area contributed by atoms with Crippen molar-refractivity contribution in [3.8, 4) is 33.9 Å². The van der Waals surface area contributed by atoms with Gasteiger partial charge in [-0.2, -0.15) is 5.10 Å². The molecule has 4 N–H and O–H groups in total. The fourth-order valence-electron chi connectivity index (χ4n) is 4.14. The van der Waals surface area contributed by atoms with Crippen LogP contribution in [0.1, 0.15) is 13.3 Å². The number of imidazole rings is 1. The zero-order chi connectivity index (χ0) is 24.6. The summed E-state index contributed by atoms with van der Waals surface area (Å²) in [6.45, 7) is 1.89. The monoisotopic (exact) mass is 480 g/mol. The topological polar surface area (TPSA) is 128 Å². The summed E-state index contributed by atoms with van der Waals surface area (Å²) in [5.74, 6) is 0.183. The lowest BCUT2D eigenvalue weighted by molar-refractivity contribution is 0.199. The van der Waals surface area contributed by atoms with Gasteiger partial charge in [-0.05, 0) is 30.7 Å². The summed E-state index contributed by atoms with van der Waals surface area (Å²) in [5, 5.41) is 21.2. The first-order chi connectivity index (χ1) is 17.6. The molecule has 5 aromatic heterocycles. The Kier molecular flexibility index (Phi) is 5.34. The number of pyridine rings is 3. The van der Waals surface area contributed by atoms with Gasteiger partial charge in [0, 0.05) is 34.5 Å². The molecule has 10 heteroatoms. The lowest BCUT2D eigenvalue weighted by Crippen LogP contribution is -2.16. The Labute approximate surface area is 204 Å². The maximum atomic E-state index is 14.5. The number of aromatic amines is 2. The van der Waals surface area contributed by atoms with Crippen molar-refractivity contribution in [2.75, 3.05) is 5.32 Å². The van der Waals surface area contributed by atoms with E-state index in [0.717, 1.165) is 16.5 Å². The van der Waals surface area contributed by atoms with Crippen molar-refractivity contribution in [2.24, 2.45) is 0 Å². The molecule has 0 aliphatic rings. The van der Waals surface area contributed by atoms with Gasteiger partial charge < -0.3 is 15.4 Å². The van der Waals surface area contributed by atoms with Crippen LogP contribution < -0.4 is 5.32 Å². The highest BCUT2D eigenvalue weighted by atomic mass is 19.1. The molecule has 0 amide bonds. The first-order valence-electron chi connectivity index (χ1n) is 11.4. The first kappa shape index (κ1) is 21.8. The van der Waals surface area contributed by atoms with E-state index in [1.807, 2.05) is 19.1 Å². The molecule has 1 unspecified atom stereocenters. The van der Waals surface area contributed by atoms with Crippen LogP contribution in [0.15, 0.2) is 67.3 Å². The van der Waals surface area contributed by atoms with E-state index >= 15 is 0 Å². The SMILES string of the molecule is CCC(O)Nc1cncc(-c2cc3c(-c4nc5nccc(-c6ccccc6F)c5[nH]4)n[nH]c3cn2)c1. The highest BCUT2D eigenvalue weighted by Crippen LogP contribution is 2.32. The van der Waals surface area contributed by atoms with E-state index < -0.39 is 6.23 Å². The number of hydrogen-bond acceptors (Lipinski definition) is 7. The number of benzene rings is 1. The molecule has 6 aromatic rings. The first-order valence-corrected chi connectivity index (χ1v) is 11.4. The van der Waals surface area contributed by atoms with Gasteiger partial charge in [0.2, 0.25) is 0 Å². The Morgan fingerprint density at radius 3 is 2.81 bits per heavy atom. The van der Waals surface area contributed by atoms with Crippen LogP contribution in [-0.2, 0) is 0 Å². The highest BCUT2D eigenvalue weighted by molar-refractivity contribution is 5.96. The largest absolute Gasteiger partial charge is 0.374 e. The lowest BCUT2D eigenvalue weighted by Gasteiger charge is -2.12. The number of anilines is 1. The van der Waals surface area contributed by atoms with Crippen LogP contribution in [0.3, 0.4) is 0 Å². The molecule has 36 heavy (non-hydrogen) atoms. The second kappa shape index (κ2) is 8.82. The molecular formula is C26H21FN8O. The van der Waals surface area contributed by atoms with Gasteiger partial charge in [-0.3, -0.25) is 15.1 Å². The summed E-state index contributed by atoms with van der Waals surface area (Å²) in [6.07, 6.45) is 6.59. The van der Waals surface area contributed by atoms with Gasteiger partial charge in [0.25, 0.3) is 0 Å². The average Bonchev–Trinajstić information content (AvgIpc) is 3.52. The van der Waals surface area contributed by atoms with Crippen LogP contribution in [0.5, 0.6) is 0 Å². The Balaban J connectivity index is 1.43. The number of halogens is 1. The molecule has 178 valence electrons. The Bertz CT molecular complexity index is 1710. The van der Waals surface area contributed by atoms with E-state index in [1.165, 1.54) is 6.07 Å². The molecule has 0 saturated carbocycles. The minimum absolute atomic E-state index is 0.320. The van der Waals surface area contributed by atoms with Crippen molar-refractivity contribution in [3.05, 3.63) is 73.1 Å². The van der Waals surface area contributed by atoms with Crippen LogP contribution in [0.4, 0.5) is 10.1 Å². The number of nitrogens with one attached hydrogen (secondary N) is 3. The van der Waals surface area contributed by atoms with Gasteiger partial charge in [-0.15, -0.1) is 0 Å². The van der Waals surface area contributed by atoms with Crippen LogP contribution >= 0.6 is 0 Å². The van der Waals surface area contributed by atoms with Crippen molar-refractivity contribution in [2.45, 2.75) is 19.6 Å². The van der Waals surface area contributed by atoms with Crippen molar-refractivity contribution < 1.29 is 9.50 Å². The number of fused-ring (bicyclic) bond motifs is 2. The number of H-pyrrole nitrogens is 2. The van der Waals surface area contributed by atoms with E-state index in [4.69, 9.17) is 0 Å². The molecule has 0 bridgehead atoms. The van der Waals surface area contributed by atoms with Crippen LogP contribution in [0, 0.1) is 5.82 Å².